The minimum Gasteiger partial charge on any atom is -0.455 e. The zero-order valence-corrected chi connectivity index (χ0v) is 13.7. The lowest BCUT2D eigenvalue weighted by atomic mass is 10.2. The molecule has 5 heteroatoms. The molecule has 2 nitrogen and oxygen atoms in total. The van der Waals surface area contributed by atoms with Crippen LogP contribution in [0, 0.1) is 3.57 Å². The van der Waals surface area contributed by atoms with Crippen LogP contribution in [0.2, 0.25) is 5.02 Å². The van der Waals surface area contributed by atoms with E-state index in [0.29, 0.717) is 10.8 Å². The Morgan fingerprint density at radius 3 is 2.50 bits per heavy atom. The van der Waals surface area contributed by atoms with Crippen molar-refractivity contribution in [2.45, 2.75) is 6.61 Å². The molecule has 0 amide bonds. The molecule has 0 aliphatic rings. The normalized spacial score (nSPS) is 10.4. The Balaban J connectivity index is 2.28. The van der Waals surface area contributed by atoms with Gasteiger partial charge in [0.15, 0.2) is 0 Å². The fraction of sp³-hybridized carbons (Fsp3) is 0.0769. The van der Waals surface area contributed by atoms with Gasteiger partial charge in [-0.25, -0.2) is 0 Å². The second kappa shape index (κ2) is 6.23. The molecule has 0 aliphatic heterocycles. The van der Waals surface area contributed by atoms with Crippen LogP contribution in [-0.2, 0) is 6.61 Å². The lowest BCUT2D eigenvalue weighted by molar-refractivity contribution is 0.281. The fourth-order valence-electron chi connectivity index (χ4n) is 1.40. The summed E-state index contributed by atoms with van der Waals surface area (Å²) in [4.78, 5) is 0. The van der Waals surface area contributed by atoms with Gasteiger partial charge >= 0.3 is 0 Å². The van der Waals surface area contributed by atoms with E-state index in [1.807, 2.05) is 30.3 Å². The number of halogens is 3. The molecule has 2 aromatic carbocycles. The van der Waals surface area contributed by atoms with Crippen LogP contribution in [0.25, 0.3) is 0 Å². The van der Waals surface area contributed by atoms with Gasteiger partial charge in [-0.15, -0.1) is 0 Å². The minimum atomic E-state index is 0.0113. The Kier molecular flexibility index (Phi) is 4.89. The zero-order valence-electron chi connectivity index (χ0n) is 9.16. The van der Waals surface area contributed by atoms with Crippen molar-refractivity contribution in [2.24, 2.45) is 0 Å². The summed E-state index contributed by atoms with van der Waals surface area (Å²) in [6, 6.07) is 10.9. The summed E-state index contributed by atoms with van der Waals surface area (Å²) in [6.45, 7) is 0.0113. The quantitative estimate of drug-likeness (QED) is 0.683. The molecular weight excluding hydrogens is 430 g/mol. The number of hydrogen-bond donors (Lipinski definition) is 1. The molecule has 0 saturated heterocycles. The standard InChI is InChI=1S/C13H9BrClIO2/c14-10-5-8(7-17)1-3-12(10)18-13-4-2-9(15)6-11(13)16/h1-6,17H,7H2. The number of aliphatic hydroxyl groups is 1. The number of rotatable bonds is 3. The smallest absolute Gasteiger partial charge is 0.141 e. The van der Waals surface area contributed by atoms with Gasteiger partial charge in [0.05, 0.1) is 14.6 Å². The molecule has 18 heavy (non-hydrogen) atoms. The van der Waals surface area contributed by atoms with Crippen molar-refractivity contribution in [2.75, 3.05) is 0 Å². The van der Waals surface area contributed by atoms with Gasteiger partial charge in [-0.2, -0.15) is 0 Å². The number of benzene rings is 2. The summed E-state index contributed by atoms with van der Waals surface area (Å²) < 4.78 is 7.55. The minimum absolute atomic E-state index is 0.0113. The summed E-state index contributed by atoms with van der Waals surface area (Å²) in [5.41, 5.74) is 0.833. The molecule has 0 bridgehead atoms. The van der Waals surface area contributed by atoms with Crippen molar-refractivity contribution in [3.63, 3.8) is 0 Å². The summed E-state index contributed by atoms with van der Waals surface area (Å²) in [7, 11) is 0. The van der Waals surface area contributed by atoms with Crippen molar-refractivity contribution >= 4 is 50.1 Å². The monoisotopic (exact) mass is 438 g/mol. The highest BCUT2D eigenvalue weighted by Gasteiger charge is 2.07. The van der Waals surface area contributed by atoms with Gasteiger partial charge in [0.25, 0.3) is 0 Å². The third-order valence-electron chi connectivity index (χ3n) is 2.29. The molecule has 2 aromatic rings. The van der Waals surface area contributed by atoms with Gasteiger partial charge in [0, 0.05) is 5.02 Å². The molecule has 0 unspecified atom stereocenters. The van der Waals surface area contributed by atoms with Gasteiger partial charge in [-0.1, -0.05) is 17.7 Å². The fourth-order valence-corrected chi connectivity index (χ4v) is 2.89. The van der Waals surface area contributed by atoms with E-state index in [0.717, 1.165) is 19.4 Å². The van der Waals surface area contributed by atoms with Gasteiger partial charge in [-0.05, 0) is 74.4 Å². The van der Waals surface area contributed by atoms with Gasteiger partial charge in [0.1, 0.15) is 11.5 Å². The molecule has 0 aliphatic carbocycles. The van der Waals surface area contributed by atoms with Crippen LogP contribution in [0.3, 0.4) is 0 Å². The Morgan fingerprint density at radius 2 is 1.89 bits per heavy atom. The summed E-state index contributed by atoms with van der Waals surface area (Å²) in [6.07, 6.45) is 0. The number of ether oxygens (including phenoxy) is 1. The van der Waals surface area contributed by atoms with Gasteiger partial charge in [0.2, 0.25) is 0 Å². The largest absolute Gasteiger partial charge is 0.455 e. The highest BCUT2D eigenvalue weighted by atomic mass is 127. The van der Waals surface area contributed by atoms with Gasteiger partial charge < -0.3 is 9.84 Å². The molecule has 0 spiro atoms. The first kappa shape index (κ1) is 14.1. The predicted octanol–water partition coefficient (Wildman–Crippen LogP) is 4.99. The molecule has 94 valence electrons. The number of aliphatic hydroxyl groups excluding tert-OH is 1. The van der Waals surface area contributed by atoms with E-state index in [4.69, 9.17) is 21.4 Å². The molecular formula is C13H9BrClIO2. The Labute approximate surface area is 132 Å². The lowest BCUT2D eigenvalue weighted by Gasteiger charge is -2.10. The SMILES string of the molecule is OCc1ccc(Oc2ccc(Cl)cc2I)c(Br)c1. The van der Waals surface area contributed by atoms with E-state index in [9.17, 15) is 0 Å². The average molecular weight is 439 g/mol. The Morgan fingerprint density at radius 1 is 1.17 bits per heavy atom. The first-order valence-electron chi connectivity index (χ1n) is 5.12. The van der Waals surface area contributed by atoms with Crippen molar-refractivity contribution in [3.05, 3.63) is 55.0 Å². The maximum atomic E-state index is 9.04. The predicted molar refractivity (Wildman–Crippen MR) is 84.3 cm³/mol. The molecule has 0 fully saturated rings. The van der Waals surface area contributed by atoms with E-state index in [2.05, 4.69) is 38.5 Å². The summed E-state index contributed by atoms with van der Waals surface area (Å²) in [5, 5.41) is 9.72. The maximum absolute atomic E-state index is 9.04. The topological polar surface area (TPSA) is 29.5 Å². The highest BCUT2D eigenvalue weighted by molar-refractivity contribution is 14.1. The lowest BCUT2D eigenvalue weighted by Crippen LogP contribution is -1.90. The van der Waals surface area contributed by atoms with Crippen LogP contribution in [0.1, 0.15) is 5.56 Å². The van der Waals surface area contributed by atoms with Crippen LogP contribution < -0.4 is 4.74 Å². The molecule has 0 heterocycles. The van der Waals surface area contributed by atoms with Crippen molar-refractivity contribution in [1.82, 2.24) is 0 Å². The van der Waals surface area contributed by atoms with E-state index in [-0.39, 0.29) is 6.61 Å². The van der Waals surface area contributed by atoms with E-state index in [1.165, 1.54) is 0 Å². The molecule has 0 atom stereocenters. The van der Waals surface area contributed by atoms with Crippen LogP contribution >= 0.6 is 50.1 Å². The van der Waals surface area contributed by atoms with E-state index >= 15 is 0 Å². The summed E-state index contributed by atoms with van der Waals surface area (Å²) in [5.74, 6) is 1.45. The second-order valence-corrected chi connectivity index (χ2v) is 6.05. The van der Waals surface area contributed by atoms with Crippen LogP contribution in [0.4, 0.5) is 0 Å². The second-order valence-electron chi connectivity index (χ2n) is 3.60. The van der Waals surface area contributed by atoms with Crippen molar-refractivity contribution < 1.29 is 9.84 Å². The highest BCUT2D eigenvalue weighted by Crippen LogP contribution is 2.33. The third kappa shape index (κ3) is 3.38. The Bertz CT molecular complexity index is 575. The molecule has 2 rings (SSSR count). The first-order chi connectivity index (χ1) is 8.60. The average Bonchev–Trinajstić information content (AvgIpc) is 2.34. The van der Waals surface area contributed by atoms with Gasteiger partial charge in [-0.3, -0.25) is 0 Å². The molecule has 0 saturated carbocycles. The molecule has 0 radical (unpaired) electrons. The molecule has 0 aromatic heterocycles. The zero-order chi connectivity index (χ0) is 13.1. The maximum Gasteiger partial charge on any atom is 0.141 e. The van der Waals surface area contributed by atoms with Crippen LogP contribution in [0.5, 0.6) is 11.5 Å². The third-order valence-corrected chi connectivity index (χ3v) is 3.99. The number of hydrogen-bond acceptors (Lipinski definition) is 2. The van der Waals surface area contributed by atoms with Crippen molar-refractivity contribution in [1.29, 1.82) is 0 Å². The first-order valence-corrected chi connectivity index (χ1v) is 7.37. The van der Waals surface area contributed by atoms with Crippen molar-refractivity contribution in [3.8, 4) is 11.5 Å². The van der Waals surface area contributed by atoms with Crippen LogP contribution in [-0.4, -0.2) is 5.11 Å². The summed E-state index contributed by atoms with van der Waals surface area (Å²) >= 11 is 11.5. The molecule has 1 N–H and O–H groups in total. The van der Waals surface area contributed by atoms with E-state index in [1.54, 1.807) is 6.07 Å². The Hall–Kier alpha value is -0.300. The van der Waals surface area contributed by atoms with E-state index < -0.39 is 0 Å². The van der Waals surface area contributed by atoms with Crippen LogP contribution in [0.15, 0.2) is 40.9 Å².